The van der Waals surface area contributed by atoms with Crippen molar-refractivity contribution < 1.29 is 4.79 Å². The molecule has 2 aliphatic carbocycles. The van der Waals surface area contributed by atoms with Crippen LogP contribution in [0.1, 0.15) is 35.2 Å². The summed E-state index contributed by atoms with van der Waals surface area (Å²) in [6.07, 6.45) is 9.12. The lowest BCUT2D eigenvalue weighted by Gasteiger charge is -2.26. The molecule has 1 amide bonds. The molecule has 38 heavy (non-hydrogen) atoms. The Morgan fingerprint density at radius 1 is 1.03 bits per heavy atom. The summed E-state index contributed by atoms with van der Waals surface area (Å²) in [6, 6.07) is 19.3. The van der Waals surface area contributed by atoms with E-state index in [-0.39, 0.29) is 29.7 Å². The number of benzene rings is 2. The molecule has 3 aliphatic rings. The predicted molar refractivity (Wildman–Crippen MR) is 144 cm³/mol. The molecule has 1 aliphatic heterocycles. The summed E-state index contributed by atoms with van der Waals surface area (Å²) in [5, 5.41) is 26.1. The van der Waals surface area contributed by atoms with Crippen LogP contribution in [0, 0.1) is 40.4 Å². The van der Waals surface area contributed by atoms with Gasteiger partial charge in [-0.2, -0.15) is 15.5 Å². The smallest absolute Gasteiger partial charge is 0.253 e. The Hall–Kier alpha value is -4.69. The van der Waals surface area contributed by atoms with Gasteiger partial charge in [0.25, 0.3) is 5.91 Å². The van der Waals surface area contributed by atoms with Crippen LogP contribution in [-0.2, 0) is 0 Å². The van der Waals surface area contributed by atoms with Crippen molar-refractivity contribution in [1.82, 2.24) is 14.9 Å². The van der Waals surface area contributed by atoms with Gasteiger partial charge in [0.2, 0.25) is 5.95 Å². The van der Waals surface area contributed by atoms with Gasteiger partial charge < -0.3 is 15.5 Å². The number of amides is 1. The van der Waals surface area contributed by atoms with Crippen molar-refractivity contribution in [2.75, 3.05) is 23.7 Å². The van der Waals surface area contributed by atoms with Gasteiger partial charge in [0.05, 0.1) is 29.7 Å². The predicted octanol–water partition coefficient (Wildman–Crippen LogP) is 5.12. The molecule has 2 fully saturated rings. The van der Waals surface area contributed by atoms with Crippen molar-refractivity contribution in [2.45, 2.75) is 25.3 Å². The second-order valence-electron chi connectivity index (χ2n) is 10.1. The molecule has 3 aromatic rings. The van der Waals surface area contributed by atoms with Gasteiger partial charge >= 0.3 is 0 Å². The second-order valence-corrected chi connectivity index (χ2v) is 10.1. The molecular weight excluding hydrogens is 474 g/mol. The third-order valence-electron chi connectivity index (χ3n) is 7.76. The highest BCUT2D eigenvalue weighted by Gasteiger charge is 2.45. The first-order chi connectivity index (χ1) is 18.6. The SMILES string of the molecule is N#Cc1cccc(-c2cnc(Nc3cccc(C(=O)N4CCCC4)c3)nc2N[C@H]2[C@@H](C#N)[C@@H]3C=C[C@H]2C3)c1. The van der Waals surface area contributed by atoms with Gasteiger partial charge in [-0.25, -0.2) is 4.98 Å². The molecule has 2 aromatic carbocycles. The van der Waals surface area contributed by atoms with E-state index in [4.69, 9.17) is 4.98 Å². The fourth-order valence-electron chi connectivity index (χ4n) is 5.83. The molecule has 0 spiro atoms. The summed E-state index contributed by atoms with van der Waals surface area (Å²) < 4.78 is 0. The lowest BCUT2D eigenvalue weighted by molar-refractivity contribution is 0.0793. The molecule has 0 unspecified atom stereocenters. The molecule has 2 bridgehead atoms. The Kier molecular flexibility index (Phi) is 6.23. The van der Waals surface area contributed by atoms with Crippen molar-refractivity contribution in [3.05, 3.63) is 78.0 Å². The lowest BCUT2D eigenvalue weighted by atomic mass is 9.90. The van der Waals surface area contributed by atoms with E-state index in [0.717, 1.165) is 49.2 Å². The normalized spacial score (nSPS) is 23.2. The number of rotatable bonds is 6. The zero-order valence-electron chi connectivity index (χ0n) is 20.8. The fraction of sp³-hybridized carbons (Fsp3) is 0.300. The van der Waals surface area contributed by atoms with Crippen LogP contribution in [0.25, 0.3) is 11.1 Å². The Bertz CT molecular complexity index is 1490. The zero-order chi connectivity index (χ0) is 26.1. The first-order valence-corrected chi connectivity index (χ1v) is 13.0. The van der Waals surface area contributed by atoms with Crippen molar-refractivity contribution in [2.24, 2.45) is 17.8 Å². The largest absolute Gasteiger partial charge is 0.365 e. The van der Waals surface area contributed by atoms with E-state index in [9.17, 15) is 15.3 Å². The molecular formula is C30H27N7O. The molecule has 0 radical (unpaired) electrons. The van der Waals surface area contributed by atoms with Gasteiger partial charge in [-0.1, -0.05) is 30.4 Å². The highest BCUT2D eigenvalue weighted by atomic mass is 16.2. The Morgan fingerprint density at radius 2 is 1.84 bits per heavy atom. The summed E-state index contributed by atoms with van der Waals surface area (Å²) in [6.45, 7) is 1.59. The van der Waals surface area contributed by atoms with Gasteiger partial charge in [-0.3, -0.25) is 4.79 Å². The molecule has 8 nitrogen and oxygen atoms in total. The van der Waals surface area contributed by atoms with Gasteiger partial charge in [0.15, 0.2) is 0 Å². The van der Waals surface area contributed by atoms with Crippen LogP contribution in [0.15, 0.2) is 66.9 Å². The average molecular weight is 502 g/mol. The third kappa shape index (κ3) is 4.46. The van der Waals surface area contributed by atoms with Crippen LogP contribution < -0.4 is 10.6 Å². The number of carbonyl (C=O) groups is 1. The van der Waals surface area contributed by atoms with E-state index in [2.05, 4.69) is 39.9 Å². The second kappa shape index (κ2) is 9.99. The summed E-state index contributed by atoms with van der Waals surface area (Å²) in [5.74, 6) is 1.40. The summed E-state index contributed by atoms with van der Waals surface area (Å²) >= 11 is 0. The number of hydrogen-bond donors (Lipinski definition) is 2. The summed E-state index contributed by atoms with van der Waals surface area (Å²) in [7, 11) is 0. The quantitative estimate of drug-likeness (QED) is 0.450. The van der Waals surface area contributed by atoms with Crippen molar-refractivity contribution in [3.8, 4) is 23.3 Å². The van der Waals surface area contributed by atoms with Crippen molar-refractivity contribution >= 4 is 23.4 Å². The summed E-state index contributed by atoms with van der Waals surface area (Å²) in [5.41, 5.74) is 3.48. The van der Waals surface area contributed by atoms with Crippen LogP contribution in [0.2, 0.25) is 0 Å². The van der Waals surface area contributed by atoms with Crippen LogP contribution in [-0.4, -0.2) is 39.9 Å². The third-order valence-corrected chi connectivity index (χ3v) is 7.76. The molecule has 1 saturated heterocycles. The van der Waals surface area contributed by atoms with Crippen LogP contribution in [0.4, 0.5) is 17.5 Å². The number of likely N-dealkylation sites (tertiary alicyclic amines) is 1. The number of nitrogens with zero attached hydrogens (tertiary/aromatic N) is 5. The van der Waals surface area contributed by atoms with Crippen LogP contribution in [0.5, 0.6) is 0 Å². The Labute approximate surface area is 221 Å². The molecule has 8 heteroatoms. The number of anilines is 3. The molecule has 2 heterocycles. The first kappa shape index (κ1) is 23.7. The minimum atomic E-state index is -0.136. The van der Waals surface area contributed by atoms with Gasteiger partial charge in [0.1, 0.15) is 5.82 Å². The molecule has 2 N–H and O–H groups in total. The van der Waals surface area contributed by atoms with Gasteiger partial charge in [-0.15, -0.1) is 0 Å². The van der Waals surface area contributed by atoms with E-state index >= 15 is 0 Å². The minimum Gasteiger partial charge on any atom is -0.365 e. The number of nitrogens with one attached hydrogen (secondary N) is 2. The van der Waals surface area contributed by atoms with E-state index in [1.165, 1.54) is 0 Å². The Balaban J connectivity index is 1.32. The number of nitriles is 2. The zero-order valence-corrected chi connectivity index (χ0v) is 20.8. The van der Waals surface area contributed by atoms with E-state index < -0.39 is 0 Å². The maximum absolute atomic E-state index is 12.9. The fourth-order valence-corrected chi connectivity index (χ4v) is 5.83. The number of aromatic nitrogens is 2. The molecule has 188 valence electrons. The molecule has 6 rings (SSSR count). The van der Waals surface area contributed by atoms with E-state index in [0.29, 0.717) is 22.9 Å². The first-order valence-electron chi connectivity index (χ1n) is 13.0. The maximum atomic E-state index is 12.9. The van der Waals surface area contributed by atoms with Gasteiger partial charge in [0, 0.05) is 36.1 Å². The topological polar surface area (TPSA) is 118 Å². The molecule has 1 saturated carbocycles. The maximum Gasteiger partial charge on any atom is 0.253 e. The highest BCUT2D eigenvalue weighted by molar-refractivity contribution is 5.95. The van der Waals surface area contributed by atoms with Crippen LogP contribution in [0.3, 0.4) is 0 Å². The van der Waals surface area contributed by atoms with Crippen molar-refractivity contribution in [3.63, 3.8) is 0 Å². The average Bonchev–Trinajstić information content (AvgIpc) is 3.72. The number of carbonyl (C=O) groups excluding carboxylic acids is 1. The summed E-state index contributed by atoms with van der Waals surface area (Å²) in [4.78, 5) is 24.1. The number of fused-ring (bicyclic) bond motifs is 2. The van der Waals surface area contributed by atoms with Crippen LogP contribution >= 0.6 is 0 Å². The number of allylic oxidation sites excluding steroid dienone is 1. The highest BCUT2D eigenvalue weighted by Crippen LogP contribution is 2.45. The minimum absolute atomic E-state index is 0.0361. The van der Waals surface area contributed by atoms with Gasteiger partial charge in [-0.05, 0) is 67.0 Å². The molecule has 1 aromatic heterocycles. The van der Waals surface area contributed by atoms with Crippen molar-refractivity contribution in [1.29, 1.82) is 10.5 Å². The van der Waals surface area contributed by atoms with E-state index in [1.54, 1.807) is 12.3 Å². The standard InChI is InChI=1S/C30H27N7O/c31-16-19-5-3-6-20(13-19)26-18-33-30(36-28(26)35-27-22-10-9-21(14-22)25(27)17-32)34-24-8-4-7-23(15-24)29(38)37-11-1-2-12-37/h3-10,13,15,18,21-22,25,27H,1-2,11-12,14H2,(H2,33,34,35,36)/t21-,22+,25+,27-/m1/s1. The molecule has 4 atom stereocenters. The van der Waals surface area contributed by atoms with E-state index in [1.807, 2.05) is 47.4 Å². The monoisotopic (exact) mass is 501 g/mol. The lowest BCUT2D eigenvalue weighted by Crippen LogP contribution is -2.32. The Morgan fingerprint density at radius 3 is 2.66 bits per heavy atom. The number of hydrogen-bond acceptors (Lipinski definition) is 7.